The van der Waals surface area contributed by atoms with Crippen molar-refractivity contribution in [3.63, 3.8) is 0 Å². The highest BCUT2D eigenvalue weighted by atomic mass is 32.1. The number of nitrogens with zero attached hydrogens (tertiary/aromatic N) is 3. The fraction of sp³-hybridized carbons (Fsp3) is 0.0870. The van der Waals surface area contributed by atoms with E-state index in [1.165, 1.54) is 17.6 Å². The van der Waals surface area contributed by atoms with Crippen LogP contribution in [-0.4, -0.2) is 16.8 Å². The molecule has 2 heterocycles. The molecule has 4 aromatic rings. The Morgan fingerprint density at radius 3 is 2.38 bits per heavy atom. The van der Waals surface area contributed by atoms with E-state index in [9.17, 15) is 9.59 Å². The Hall–Kier alpha value is -4.11. The molecule has 2 N–H and O–H groups in total. The third kappa shape index (κ3) is 5.52. The number of hydrogen-bond acceptors (Lipinski definition) is 7. The summed E-state index contributed by atoms with van der Waals surface area (Å²) in [6.45, 7) is 1.71. The number of nitrogens with one attached hydrogen (secondary N) is 2. The number of amides is 2. The number of furan rings is 1. The third-order valence-electron chi connectivity index (χ3n) is 4.41. The summed E-state index contributed by atoms with van der Waals surface area (Å²) in [6.07, 6.45) is 1.55. The lowest BCUT2D eigenvalue weighted by molar-refractivity contribution is -0.115. The van der Waals surface area contributed by atoms with Crippen LogP contribution in [0.4, 0.5) is 22.2 Å². The summed E-state index contributed by atoms with van der Waals surface area (Å²) >= 11 is 1.26. The topological polar surface area (TPSA) is 109 Å². The van der Waals surface area contributed by atoms with Crippen molar-refractivity contribution < 1.29 is 14.0 Å². The lowest BCUT2D eigenvalue weighted by Gasteiger charge is -2.04. The van der Waals surface area contributed by atoms with E-state index in [1.54, 1.807) is 42.6 Å². The van der Waals surface area contributed by atoms with Gasteiger partial charge in [0.15, 0.2) is 5.13 Å². The van der Waals surface area contributed by atoms with Crippen LogP contribution in [0.25, 0.3) is 0 Å². The molecular weight excluding hydrogens is 426 g/mol. The molecule has 0 aliphatic rings. The molecule has 160 valence electrons. The van der Waals surface area contributed by atoms with E-state index in [4.69, 9.17) is 4.42 Å². The molecule has 0 atom stereocenters. The first-order valence-corrected chi connectivity index (χ1v) is 10.6. The Balaban J connectivity index is 1.30. The maximum atomic E-state index is 12.4. The largest absolute Gasteiger partial charge is 0.469 e. The maximum absolute atomic E-state index is 12.4. The van der Waals surface area contributed by atoms with Crippen LogP contribution < -0.4 is 10.6 Å². The molecule has 32 heavy (non-hydrogen) atoms. The molecule has 4 rings (SSSR count). The van der Waals surface area contributed by atoms with E-state index < -0.39 is 0 Å². The number of thiazole rings is 1. The Kier molecular flexibility index (Phi) is 6.47. The average molecular weight is 446 g/mol. The number of benzene rings is 2. The second kappa shape index (κ2) is 9.80. The predicted octanol–water partition coefficient (Wildman–Crippen LogP) is 5.89. The second-order valence-corrected chi connectivity index (χ2v) is 7.65. The van der Waals surface area contributed by atoms with Gasteiger partial charge in [0.1, 0.15) is 5.76 Å². The van der Waals surface area contributed by atoms with Crippen molar-refractivity contribution in [2.24, 2.45) is 10.2 Å². The molecule has 0 spiro atoms. The Morgan fingerprint density at radius 2 is 1.69 bits per heavy atom. The first-order chi connectivity index (χ1) is 15.6. The molecule has 2 aromatic heterocycles. The molecule has 0 unspecified atom stereocenters. The fourth-order valence-corrected chi connectivity index (χ4v) is 3.53. The number of aromatic nitrogens is 1. The highest BCUT2D eigenvalue weighted by Gasteiger charge is 2.14. The van der Waals surface area contributed by atoms with Gasteiger partial charge in [-0.25, -0.2) is 4.98 Å². The zero-order chi connectivity index (χ0) is 22.3. The molecule has 0 fully saturated rings. The van der Waals surface area contributed by atoms with Crippen molar-refractivity contribution in [1.82, 2.24) is 4.98 Å². The number of rotatable bonds is 7. The Morgan fingerprint density at radius 1 is 0.969 bits per heavy atom. The van der Waals surface area contributed by atoms with E-state index >= 15 is 0 Å². The number of azo groups is 1. The average Bonchev–Trinajstić information content (AvgIpc) is 3.42. The van der Waals surface area contributed by atoms with Crippen molar-refractivity contribution in [3.8, 4) is 0 Å². The van der Waals surface area contributed by atoms with Crippen molar-refractivity contribution in [1.29, 1.82) is 0 Å². The zero-order valence-corrected chi connectivity index (χ0v) is 17.9. The van der Waals surface area contributed by atoms with Crippen LogP contribution in [0.15, 0.2) is 87.0 Å². The number of hydrogen-bond donors (Lipinski definition) is 2. The molecule has 0 aliphatic heterocycles. The molecule has 8 nitrogen and oxygen atoms in total. The smallest absolute Gasteiger partial charge is 0.260 e. The van der Waals surface area contributed by atoms with Gasteiger partial charge in [0.05, 0.1) is 35.3 Å². The molecule has 0 aliphatic carbocycles. The molecule has 0 radical (unpaired) electrons. The van der Waals surface area contributed by atoms with E-state index in [1.807, 2.05) is 30.3 Å². The quantitative estimate of drug-likeness (QED) is 0.345. The van der Waals surface area contributed by atoms with Crippen molar-refractivity contribution in [2.75, 3.05) is 10.6 Å². The second-order valence-electron chi connectivity index (χ2n) is 6.80. The van der Waals surface area contributed by atoms with Gasteiger partial charge < -0.3 is 9.73 Å². The van der Waals surface area contributed by atoms with Crippen LogP contribution in [0.5, 0.6) is 0 Å². The summed E-state index contributed by atoms with van der Waals surface area (Å²) in [5, 5.41) is 16.0. The zero-order valence-electron chi connectivity index (χ0n) is 17.1. The number of carbonyl (C=O) groups is 2. The van der Waals surface area contributed by atoms with Crippen LogP contribution >= 0.6 is 11.3 Å². The first-order valence-electron chi connectivity index (χ1n) is 9.73. The summed E-state index contributed by atoms with van der Waals surface area (Å²) in [5.74, 6) is 0.0230. The van der Waals surface area contributed by atoms with E-state index in [-0.39, 0.29) is 18.2 Å². The van der Waals surface area contributed by atoms with E-state index in [0.29, 0.717) is 33.5 Å². The summed E-state index contributed by atoms with van der Waals surface area (Å²) in [5.41, 5.74) is 3.11. The predicted molar refractivity (Wildman–Crippen MR) is 123 cm³/mol. The number of carbonyl (C=O) groups excluding carboxylic acids is 2. The summed E-state index contributed by atoms with van der Waals surface area (Å²) < 4.78 is 5.14. The van der Waals surface area contributed by atoms with Crippen LogP contribution in [0.2, 0.25) is 0 Å². The lowest BCUT2D eigenvalue weighted by atomic mass is 10.2. The molecule has 0 saturated carbocycles. The van der Waals surface area contributed by atoms with Gasteiger partial charge in [0.25, 0.3) is 5.91 Å². The first kappa shape index (κ1) is 21.1. The molecular formula is C23H19N5O3S. The fourth-order valence-electron chi connectivity index (χ4n) is 2.82. The van der Waals surface area contributed by atoms with Crippen LogP contribution in [0.3, 0.4) is 0 Å². The van der Waals surface area contributed by atoms with Gasteiger partial charge in [-0.15, -0.1) is 11.3 Å². The number of aryl methyl sites for hydroxylation is 1. The third-order valence-corrected chi connectivity index (χ3v) is 5.21. The van der Waals surface area contributed by atoms with Crippen molar-refractivity contribution in [3.05, 3.63) is 89.3 Å². The highest BCUT2D eigenvalue weighted by molar-refractivity contribution is 7.14. The van der Waals surface area contributed by atoms with Gasteiger partial charge in [-0.05, 0) is 49.4 Å². The summed E-state index contributed by atoms with van der Waals surface area (Å²) in [7, 11) is 0. The number of anilines is 2. The van der Waals surface area contributed by atoms with Crippen LogP contribution in [-0.2, 0) is 11.2 Å². The monoisotopic (exact) mass is 445 g/mol. The Labute approximate surface area is 188 Å². The highest BCUT2D eigenvalue weighted by Crippen LogP contribution is 2.21. The van der Waals surface area contributed by atoms with Crippen molar-refractivity contribution in [2.45, 2.75) is 13.3 Å². The van der Waals surface area contributed by atoms with E-state index in [2.05, 4.69) is 25.8 Å². The molecule has 2 amide bonds. The minimum atomic E-state index is -0.300. The summed E-state index contributed by atoms with van der Waals surface area (Å²) in [4.78, 5) is 28.9. The Bertz CT molecular complexity index is 1250. The molecule has 0 saturated heterocycles. The van der Waals surface area contributed by atoms with Gasteiger partial charge in [0, 0.05) is 11.1 Å². The van der Waals surface area contributed by atoms with Gasteiger partial charge in [0.2, 0.25) is 5.91 Å². The minimum absolute atomic E-state index is 0.0899. The lowest BCUT2D eigenvalue weighted by Crippen LogP contribution is -2.15. The normalized spacial score (nSPS) is 10.9. The molecule has 9 heteroatoms. The van der Waals surface area contributed by atoms with Crippen LogP contribution in [0.1, 0.15) is 21.8 Å². The van der Waals surface area contributed by atoms with E-state index in [0.717, 1.165) is 5.69 Å². The SMILES string of the molecule is Cc1occc1C(=O)Nc1nc(CC(=O)Nc2ccc(N=Nc3ccccc3)cc2)cs1. The van der Waals surface area contributed by atoms with Gasteiger partial charge in [-0.3, -0.25) is 14.9 Å². The summed E-state index contributed by atoms with van der Waals surface area (Å²) in [6, 6.07) is 18.1. The maximum Gasteiger partial charge on any atom is 0.260 e. The molecule has 2 aromatic carbocycles. The van der Waals surface area contributed by atoms with Crippen molar-refractivity contribution >= 4 is 45.3 Å². The standard InChI is InChI=1S/C23H19N5O3S/c1-15-20(11-12-31-15)22(30)26-23-25-19(14-32-23)13-21(29)24-16-7-9-18(10-8-16)28-27-17-5-3-2-4-6-17/h2-12,14H,13H2,1H3,(H,24,29)(H,25,26,30). The van der Waals surface area contributed by atoms with Gasteiger partial charge >= 0.3 is 0 Å². The molecule has 0 bridgehead atoms. The van der Waals surface area contributed by atoms with Gasteiger partial charge in [-0.2, -0.15) is 10.2 Å². The van der Waals surface area contributed by atoms with Gasteiger partial charge in [-0.1, -0.05) is 18.2 Å². The minimum Gasteiger partial charge on any atom is -0.469 e. The van der Waals surface area contributed by atoms with Crippen LogP contribution in [0, 0.1) is 6.92 Å².